The van der Waals surface area contributed by atoms with Crippen LogP contribution in [0.2, 0.25) is 0 Å². The summed E-state index contributed by atoms with van der Waals surface area (Å²) in [5.74, 6) is -1.12. The highest BCUT2D eigenvalue weighted by Gasteiger charge is 2.41. The van der Waals surface area contributed by atoms with Gasteiger partial charge in [0, 0.05) is 6.42 Å². The zero-order valence-corrected chi connectivity index (χ0v) is 10.5. The monoisotopic (exact) mass is 261 g/mol. The highest BCUT2D eigenvalue weighted by atomic mass is 16.2. The lowest BCUT2D eigenvalue weighted by molar-refractivity contribution is -0.134. The number of nitrogens with zero attached hydrogens (tertiary/aromatic N) is 1. The fourth-order valence-electron chi connectivity index (χ4n) is 2.08. The summed E-state index contributed by atoms with van der Waals surface area (Å²) in [6.07, 6.45) is 0.224. The van der Waals surface area contributed by atoms with Crippen molar-refractivity contribution in [3.63, 3.8) is 0 Å². The second-order valence-corrected chi connectivity index (χ2v) is 4.49. The van der Waals surface area contributed by atoms with Gasteiger partial charge in [0.1, 0.15) is 12.1 Å². The van der Waals surface area contributed by atoms with E-state index < -0.39 is 29.9 Å². The molecule has 2 atom stereocenters. The van der Waals surface area contributed by atoms with Crippen molar-refractivity contribution in [3.8, 4) is 0 Å². The minimum absolute atomic E-state index is 0.224. The predicted molar refractivity (Wildman–Crippen MR) is 68.0 cm³/mol. The molecule has 1 saturated heterocycles. The fraction of sp³-hybridized carbons (Fsp3) is 0.308. The van der Waals surface area contributed by atoms with Crippen LogP contribution in [0, 0.1) is 0 Å². The van der Waals surface area contributed by atoms with E-state index in [0.717, 1.165) is 10.5 Å². The number of amides is 4. The van der Waals surface area contributed by atoms with Crippen molar-refractivity contribution in [1.29, 1.82) is 0 Å². The number of urea groups is 1. The molecule has 19 heavy (non-hydrogen) atoms. The van der Waals surface area contributed by atoms with Crippen LogP contribution in [0.15, 0.2) is 30.3 Å². The number of carbonyl (C=O) groups excluding carboxylic acids is 3. The van der Waals surface area contributed by atoms with Crippen LogP contribution in [-0.4, -0.2) is 34.8 Å². The van der Waals surface area contributed by atoms with Crippen LogP contribution in [-0.2, 0) is 16.0 Å². The average molecular weight is 261 g/mol. The smallest absolute Gasteiger partial charge is 0.325 e. The zero-order chi connectivity index (χ0) is 14.0. The third kappa shape index (κ3) is 2.57. The van der Waals surface area contributed by atoms with Crippen molar-refractivity contribution < 1.29 is 14.4 Å². The molecule has 1 aromatic carbocycles. The molecule has 0 saturated carbocycles. The Balaban J connectivity index is 2.24. The van der Waals surface area contributed by atoms with Gasteiger partial charge in [0.05, 0.1) is 0 Å². The molecular formula is C13H15N3O3. The molecule has 1 aromatic rings. The van der Waals surface area contributed by atoms with Gasteiger partial charge in [-0.2, -0.15) is 0 Å². The van der Waals surface area contributed by atoms with Gasteiger partial charge in [0.2, 0.25) is 5.91 Å². The molecule has 1 fully saturated rings. The maximum atomic E-state index is 11.9. The molecule has 0 aliphatic carbocycles. The summed E-state index contributed by atoms with van der Waals surface area (Å²) in [6.45, 7) is 1.57. The van der Waals surface area contributed by atoms with E-state index in [1.165, 1.54) is 0 Å². The molecule has 6 nitrogen and oxygen atoms in total. The van der Waals surface area contributed by atoms with Gasteiger partial charge < -0.3 is 11.1 Å². The van der Waals surface area contributed by atoms with Crippen molar-refractivity contribution >= 4 is 17.8 Å². The quantitative estimate of drug-likeness (QED) is 0.748. The first-order chi connectivity index (χ1) is 9.00. The van der Waals surface area contributed by atoms with E-state index in [0.29, 0.717) is 0 Å². The van der Waals surface area contributed by atoms with Crippen molar-refractivity contribution in [3.05, 3.63) is 35.9 Å². The van der Waals surface area contributed by atoms with E-state index in [1.807, 2.05) is 30.3 Å². The van der Waals surface area contributed by atoms with E-state index in [4.69, 9.17) is 5.73 Å². The van der Waals surface area contributed by atoms with Crippen LogP contribution in [0.4, 0.5) is 4.79 Å². The predicted octanol–water partition coefficient (Wildman–Crippen LogP) is 0.0233. The molecule has 0 aromatic heterocycles. The maximum Gasteiger partial charge on any atom is 0.325 e. The third-order valence-corrected chi connectivity index (χ3v) is 3.08. The minimum atomic E-state index is -0.958. The molecule has 6 heteroatoms. The van der Waals surface area contributed by atoms with Crippen molar-refractivity contribution in [2.45, 2.75) is 25.4 Å². The topological polar surface area (TPSA) is 92.5 Å². The Morgan fingerprint density at radius 3 is 2.47 bits per heavy atom. The number of rotatable bonds is 4. The van der Waals surface area contributed by atoms with E-state index in [1.54, 1.807) is 6.92 Å². The van der Waals surface area contributed by atoms with Gasteiger partial charge in [0.25, 0.3) is 5.91 Å². The summed E-state index contributed by atoms with van der Waals surface area (Å²) >= 11 is 0. The Hall–Kier alpha value is -2.37. The minimum Gasteiger partial charge on any atom is -0.368 e. The summed E-state index contributed by atoms with van der Waals surface area (Å²) in [7, 11) is 0. The Morgan fingerprint density at radius 1 is 1.37 bits per heavy atom. The normalized spacial score (nSPS) is 20.3. The average Bonchev–Trinajstić information content (AvgIpc) is 2.62. The second kappa shape index (κ2) is 5.09. The molecule has 1 aliphatic rings. The highest BCUT2D eigenvalue weighted by molar-refractivity contribution is 6.07. The summed E-state index contributed by atoms with van der Waals surface area (Å²) in [5, 5.41) is 2.47. The lowest BCUT2D eigenvalue weighted by Crippen LogP contribution is -2.49. The van der Waals surface area contributed by atoms with Crippen molar-refractivity contribution in [2.24, 2.45) is 5.73 Å². The van der Waals surface area contributed by atoms with Crippen LogP contribution in [0.3, 0.4) is 0 Å². The molecule has 1 heterocycles. The Labute approximate surface area is 110 Å². The Bertz CT molecular complexity index is 515. The highest BCUT2D eigenvalue weighted by Crippen LogP contribution is 2.15. The first kappa shape index (κ1) is 13.1. The molecule has 0 bridgehead atoms. The standard InChI is InChI=1S/C13H15N3O3/c1-8-12(18)16(13(19)15-8)10(11(14)17)7-9-5-3-2-4-6-9/h2-6,8,10H,7H2,1H3,(H2,14,17)(H,15,19)/t8-,10-/m0/s1. The summed E-state index contributed by atoms with van der Waals surface area (Å²) in [4.78, 5) is 36.1. The van der Waals surface area contributed by atoms with Crippen LogP contribution in [0.5, 0.6) is 0 Å². The van der Waals surface area contributed by atoms with Gasteiger partial charge in [-0.3, -0.25) is 9.59 Å². The van der Waals surface area contributed by atoms with Gasteiger partial charge in [-0.15, -0.1) is 0 Å². The first-order valence-corrected chi connectivity index (χ1v) is 5.97. The van der Waals surface area contributed by atoms with E-state index >= 15 is 0 Å². The molecular weight excluding hydrogens is 246 g/mol. The van der Waals surface area contributed by atoms with Crippen molar-refractivity contribution in [1.82, 2.24) is 10.2 Å². The number of hydrogen-bond acceptors (Lipinski definition) is 3. The summed E-state index contributed by atoms with van der Waals surface area (Å²) in [5.41, 5.74) is 6.16. The molecule has 100 valence electrons. The van der Waals surface area contributed by atoms with Crippen LogP contribution in [0.25, 0.3) is 0 Å². The first-order valence-electron chi connectivity index (χ1n) is 5.97. The third-order valence-electron chi connectivity index (χ3n) is 3.08. The Kier molecular flexibility index (Phi) is 3.50. The SMILES string of the molecule is C[C@@H]1NC(=O)N([C@@H](Cc2ccccc2)C(N)=O)C1=O. The van der Waals surface area contributed by atoms with Gasteiger partial charge >= 0.3 is 6.03 Å². The van der Waals surface area contributed by atoms with Gasteiger partial charge in [-0.05, 0) is 12.5 Å². The number of benzene rings is 1. The van der Waals surface area contributed by atoms with Crippen LogP contribution in [0.1, 0.15) is 12.5 Å². The van der Waals surface area contributed by atoms with Crippen LogP contribution < -0.4 is 11.1 Å². The molecule has 2 rings (SSSR count). The number of primary amides is 1. The van der Waals surface area contributed by atoms with Crippen molar-refractivity contribution in [2.75, 3.05) is 0 Å². The largest absolute Gasteiger partial charge is 0.368 e. The van der Waals surface area contributed by atoms with E-state index in [-0.39, 0.29) is 6.42 Å². The molecule has 1 aliphatic heterocycles. The molecule has 3 N–H and O–H groups in total. The van der Waals surface area contributed by atoms with Gasteiger partial charge in [-0.1, -0.05) is 30.3 Å². The lowest BCUT2D eigenvalue weighted by Gasteiger charge is -2.22. The molecule has 0 radical (unpaired) electrons. The number of carbonyl (C=O) groups is 3. The van der Waals surface area contributed by atoms with E-state index in [9.17, 15) is 14.4 Å². The summed E-state index contributed by atoms with van der Waals surface area (Å²) in [6, 6.07) is 6.97. The number of nitrogens with two attached hydrogens (primary N) is 1. The second-order valence-electron chi connectivity index (χ2n) is 4.49. The lowest BCUT2D eigenvalue weighted by atomic mass is 10.0. The number of imide groups is 1. The zero-order valence-electron chi connectivity index (χ0n) is 10.5. The summed E-state index contributed by atoms with van der Waals surface area (Å²) < 4.78 is 0. The van der Waals surface area contributed by atoms with Crippen LogP contribution >= 0.6 is 0 Å². The number of hydrogen-bond donors (Lipinski definition) is 2. The fourth-order valence-corrected chi connectivity index (χ4v) is 2.08. The van der Waals surface area contributed by atoms with Gasteiger partial charge in [-0.25, -0.2) is 9.69 Å². The molecule has 0 unspecified atom stereocenters. The molecule has 0 spiro atoms. The van der Waals surface area contributed by atoms with Gasteiger partial charge in [0.15, 0.2) is 0 Å². The van der Waals surface area contributed by atoms with E-state index in [2.05, 4.69) is 5.32 Å². The maximum absolute atomic E-state index is 11.9. The number of nitrogens with one attached hydrogen (secondary N) is 1. The molecule has 4 amide bonds. The Morgan fingerprint density at radius 2 is 2.00 bits per heavy atom.